The Balaban J connectivity index is 1.71. The van der Waals surface area contributed by atoms with Gasteiger partial charge in [-0.2, -0.15) is 0 Å². The number of methoxy groups -OCH3 is 1. The number of thioether (sulfide) groups is 1. The summed E-state index contributed by atoms with van der Waals surface area (Å²) in [6, 6.07) is 9.09. The first kappa shape index (κ1) is 21.4. The molecule has 10 heteroatoms. The predicted octanol–water partition coefficient (Wildman–Crippen LogP) is 4.51. The fourth-order valence-corrected chi connectivity index (χ4v) is 4.59. The number of hydrogen-bond acceptors (Lipinski definition) is 7. The summed E-state index contributed by atoms with van der Waals surface area (Å²) in [5.41, 5.74) is 1.22. The molecule has 1 N–H and O–H groups in total. The minimum atomic E-state index is -0.478. The molecule has 0 radical (unpaired) electrons. The summed E-state index contributed by atoms with van der Waals surface area (Å²) in [4.78, 5) is 25.2. The van der Waals surface area contributed by atoms with Crippen molar-refractivity contribution in [3.63, 3.8) is 0 Å². The van der Waals surface area contributed by atoms with Crippen molar-refractivity contribution in [2.45, 2.75) is 25.5 Å². The zero-order valence-corrected chi connectivity index (χ0v) is 18.5. The molecule has 29 heavy (non-hydrogen) atoms. The second kappa shape index (κ2) is 9.43. The quantitative estimate of drug-likeness (QED) is 0.421. The third kappa shape index (κ3) is 4.98. The number of anilines is 1. The van der Waals surface area contributed by atoms with Gasteiger partial charge < -0.3 is 14.6 Å². The molecular weight excluding hydrogens is 432 g/mol. The number of amides is 1. The lowest BCUT2D eigenvalue weighted by Gasteiger charge is -2.08. The molecule has 1 aromatic carbocycles. The molecule has 0 spiro atoms. The van der Waals surface area contributed by atoms with E-state index in [9.17, 15) is 9.59 Å². The summed E-state index contributed by atoms with van der Waals surface area (Å²) in [6.07, 6.45) is 0. The van der Waals surface area contributed by atoms with E-state index in [1.165, 1.54) is 30.2 Å². The molecule has 0 aliphatic carbocycles. The Kier molecular flexibility index (Phi) is 6.94. The molecular formula is C19H19ClN4O3S2. The number of nitrogens with zero attached hydrogens (tertiary/aromatic N) is 3. The van der Waals surface area contributed by atoms with E-state index >= 15 is 0 Å². The van der Waals surface area contributed by atoms with Gasteiger partial charge in [-0.3, -0.25) is 4.79 Å². The second-order valence-electron chi connectivity index (χ2n) is 5.99. The topological polar surface area (TPSA) is 86.1 Å². The van der Waals surface area contributed by atoms with Gasteiger partial charge >= 0.3 is 5.97 Å². The third-order valence-corrected chi connectivity index (χ3v) is 6.13. The van der Waals surface area contributed by atoms with Crippen LogP contribution in [0.2, 0.25) is 5.02 Å². The molecule has 0 saturated carbocycles. The Bertz CT molecular complexity index is 1050. The van der Waals surface area contributed by atoms with Crippen molar-refractivity contribution in [2.24, 2.45) is 0 Å². The number of aromatic nitrogens is 3. The number of rotatable bonds is 7. The maximum atomic E-state index is 12.4. The number of aryl methyl sites for hydroxylation is 1. The molecule has 0 bridgehead atoms. The van der Waals surface area contributed by atoms with Gasteiger partial charge in [0.25, 0.3) is 0 Å². The zero-order chi connectivity index (χ0) is 21.0. The van der Waals surface area contributed by atoms with E-state index in [-0.39, 0.29) is 11.7 Å². The highest BCUT2D eigenvalue weighted by Crippen LogP contribution is 2.29. The van der Waals surface area contributed by atoms with Crippen LogP contribution in [0.1, 0.15) is 22.2 Å². The van der Waals surface area contributed by atoms with Crippen LogP contribution in [0, 0.1) is 6.92 Å². The van der Waals surface area contributed by atoms with E-state index in [2.05, 4.69) is 15.5 Å². The van der Waals surface area contributed by atoms with E-state index < -0.39 is 5.97 Å². The van der Waals surface area contributed by atoms with E-state index in [0.717, 1.165) is 10.4 Å². The molecule has 0 saturated heterocycles. The Morgan fingerprint density at radius 3 is 2.79 bits per heavy atom. The van der Waals surface area contributed by atoms with E-state index in [4.69, 9.17) is 16.3 Å². The van der Waals surface area contributed by atoms with Crippen LogP contribution in [0.25, 0.3) is 11.4 Å². The van der Waals surface area contributed by atoms with Crippen molar-refractivity contribution in [1.82, 2.24) is 14.8 Å². The second-order valence-corrected chi connectivity index (χ2v) is 8.62. The summed E-state index contributed by atoms with van der Waals surface area (Å²) in [5.74, 6) is 0.108. The molecule has 0 aliphatic rings. The highest BCUT2D eigenvalue weighted by molar-refractivity contribution is 7.99. The maximum Gasteiger partial charge on any atom is 0.340 e. The Hall–Kier alpha value is -2.36. The van der Waals surface area contributed by atoms with Crippen molar-refractivity contribution in [3.8, 4) is 11.4 Å². The standard InChI is InChI=1S/C19H19ClN4O3S2/c1-4-24-16(12-6-5-7-13(20)9-12)22-23-19(24)28-10-15(25)21-17-14(18(26)27-3)8-11(2)29-17/h5-9H,4,10H2,1-3H3,(H,21,25). The molecule has 7 nitrogen and oxygen atoms in total. The van der Waals surface area contributed by atoms with Crippen LogP contribution < -0.4 is 5.32 Å². The van der Waals surface area contributed by atoms with Gasteiger partial charge in [0, 0.05) is 22.0 Å². The number of carbonyl (C=O) groups excluding carboxylic acids is 2. The van der Waals surface area contributed by atoms with Gasteiger partial charge in [-0.05, 0) is 32.0 Å². The van der Waals surface area contributed by atoms with Gasteiger partial charge in [-0.1, -0.05) is 35.5 Å². The van der Waals surface area contributed by atoms with Crippen LogP contribution in [0.4, 0.5) is 5.00 Å². The monoisotopic (exact) mass is 450 g/mol. The largest absolute Gasteiger partial charge is 0.465 e. The van der Waals surface area contributed by atoms with Gasteiger partial charge in [0.1, 0.15) is 5.00 Å². The van der Waals surface area contributed by atoms with E-state index in [0.29, 0.717) is 33.1 Å². The summed E-state index contributed by atoms with van der Waals surface area (Å²) >= 11 is 8.69. The van der Waals surface area contributed by atoms with Crippen molar-refractivity contribution in [1.29, 1.82) is 0 Å². The van der Waals surface area contributed by atoms with Gasteiger partial charge in [-0.15, -0.1) is 21.5 Å². The summed E-state index contributed by atoms with van der Waals surface area (Å²) in [6.45, 7) is 4.50. The fourth-order valence-electron chi connectivity index (χ4n) is 2.68. The number of halogens is 1. The molecule has 2 aromatic heterocycles. The number of nitrogens with one attached hydrogen (secondary N) is 1. The number of thiophene rings is 1. The third-order valence-electron chi connectivity index (χ3n) is 3.96. The summed E-state index contributed by atoms with van der Waals surface area (Å²) in [7, 11) is 1.31. The van der Waals surface area contributed by atoms with Crippen LogP contribution >= 0.6 is 34.7 Å². The van der Waals surface area contributed by atoms with Gasteiger partial charge in [0.2, 0.25) is 5.91 Å². The average Bonchev–Trinajstić information content (AvgIpc) is 3.28. The van der Waals surface area contributed by atoms with Crippen LogP contribution in [-0.2, 0) is 16.1 Å². The molecule has 2 heterocycles. The zero-order valence-electron chi connectivity index (χ0n) is 16.1. The summed E-state index contributed by atoms with van der Waals surface area (Å²) in [5, 5.41) is 13.0. The van der Waals surface area contributed by atoms with Crippen LogP contribution in [0.5, 0.6) is 0 Å². The lowest BCUT2D eigenvalue weighted by Crippen LogP contribution is -2.16. The first-order valence-electron chi connectivity index (χ1n) is 8.73. The molecule has 0 unspecified atom stereocenters. The number of esters is 1. The molecule has 152 valence electrons. The van der Waals surface area contributed by atoms with E-state index in [1.54, 1.807) is 12.1 Å². The highest BCUT2D eigenvalue weighted by Gasteiger charge is 2.19. The maximum absolute atomic E-state index is 12.4. The lowest BCUT2D eigenvalue weighted by molar-refractivity contribution is -0.113. The van der Waals surface area contributed by atoms with E-state index in [1.807, 2.05) is 36.6 Å². The first-order chi connectivity index (χ1) is 13.9. The summed E-state index contributed by atoms with van der Waals surface area (Å²) < 4.78 is 6.69. The number of hydrogen-bond donors (Lipinski definition) is 1. The Morgan fingerprint density at radius 1 is 1.31 bits per heavy atom. The van der Waals surface area contributed by atoms with Gasteiger partial charge in [0.05, 0.1) is 18.4 Å². The minimum absolute atomic E-state index is 0.130. The minimum Gasteiger partial charge on any atom is -0.465 e. The molecule has 1 amide bonds. The molecule has 0 aliphatic heterocycles. The van der Waals surface area contributed by atoms with Crippen LogP contribution in [0.15, 0.2) is 35.5 Å². The van der Waals surface area contributed by atoms with Crippen molar-refractivity contribution in [3.05, 3.63) is 45.8 Å². The Labute approximate surface area is 181 Å². The van der Waals surface area contributed by atoms with Crippen molar-refractivity contribution >= 4 is 51.6 Å². The lowest BCUT2D eigenvalue weighted by atomic mass is 10.2. The molecule has 0 fully saturated rings. The normalized spacial score (nSPS) is 10.8. The first-order valence-corrected chi connectivity index (χ1v) is 10.9. The number of ether oxygens (including phenoxy) is 1. The predicted molar refractivity (Wildman–Crippen MR) is 116 cm³/mol. The van der Waals surface area contributed by atoms with Crippen molar-refractivity contribution in [2.75, 3.05) is 18.2 Å². The van der Waals surface area contributed by atoms with Crippen LogP contribution in [-0.4, -0.2) is 39.5 Å². The number of benzene rings is 1. The van der Waals surface area contributed by atoms with Gasteiger partial charge in [0.15, 0.2) is 11.0 Å². The molecule has 0 atom stereocenters. The molecule has 3 rings (SSSR count). The number of carbonyl (C=O) groups is 2. The van der Waals surface area contributed by atoms with Gasteiger partial charge in [-0.25, -0.2) is 4.79 Å². The average molecular weight is 451 g/mol. The SMILES string of the molecule is CCn1c(SCC(=O)Nc2sc(C)cc2C(=O)OC)nnc1-c1cccc(Cl)c1. The van der Waals surface area contributed by atoms with Crippen molar-refractivity contribution < 1.29 is 14.3 Å². The fraction of sp³-hybridized carbons (Fsp3) is 0.263. The highest BCUT2D eigenvalue weighted by atomic mass is 35.5. The van der Waals surface area contributed by atoms with Crippen LogP contribution in [0.3, 0.4) is 0 Å². The Morgan fingerprint density at radius 2 is 2.10 bits per heavy atom. The molecule has 3 aromatic rings. The smallest absolute Gasteiger partial charge is 0.340 e.